The van der Waals surface area contributed by atoms with Gasteiger partial charge in [0.1, 0.15) is 12.1 Å². The molecule has 0 bridgehead atoms. The van der Waals surface area contributed by atoms with Crippen LogP contribution in [0.4, 0.5) is 4.79 Å². The highest BCUT2D eigenvalue weighted by atomic mass is 16.5. The molecule has 3 atom stereocenters. The molecule has 1 saturated heterocycles. The first-order valence-electron chi connectivity index (χ1n) is 12.5. The SMILES string of the molecule is C[C@]1(C(=O)O)CCCN1C(=O)CC1CCC(NC(=O)OCC2c3ccccc3-c3ccccc32)C1. The largest absolute Gasteiger partial charge is 0.480 e. The fourth-order valence-electron chi connectivity index (χ4n) is 6.14. The fourth-order valence-corrected chi connectivity index (χ4v) is 6.14. The Balaban J connectivity index is 1.13. The van der Waals surface area contributed by atoms with Gasteiger partial charge in [0.2, 0.25) is 5.91 Å². The number of benzene rings is 2. The molecule has 1 aliphatic heterocycles. The van der Waals surface area contributed by atoms with E-state index in [0.717, 1.165) is 12.8 Å². The van der Waals surface area contributed by atoms with Crippen molar-refractivity contribution in [3.05, 3.63) is 59.7 Å². The lowest BCUT2D eigenvalue weighted by atomic mass is 9.97. The van der Waals surface area contributed by atoms with Gasteiger partial charge in [-0.25, -0.2) is 9.59 Å². The zero-order valence-corrected chi connectivity index (χ0v) is 20.0. The molecule has 2 N–H and O–H groups in total. The number of rotatable bonds is 6. The molecule has 1 saturated carbocycles. The average molecular weight is 477 g/mol. The number of carboxylic acid groups (broad SMARTS) is 1. The molecular formula is C28H32N2O5. The molecule has 0 aromatic heterocycles. The average Bonchev–Trinajstić information content (AvgIpc) is 3.54. The van der Waals surface area contributed by atoms with Gasteiger partial charge in [-0.2, -0.15) is 0 Å². The van der Waals surface area contributed by atoms with Gasteiger partial charge < -0.3 is 20.1 Å². The number of amides is 2. The first kappa shape index (κ1) is 23.4. The van der Waals surface area contributed by atoms with Crippen LogP contribution in [-0.2, 0) is 14.3 Å². The van der Waals surface area contributed by atoms with Crippen molar-refractivity contribution < 1.29 is 24.2 Å². The van der Waals surface area contributed by atoms with E-state index in [9.17, 15) is 19.5 Å². The number of nitrogens with zero attached hydrogens (tertiary/aromatic N) is 1. The zero-order chi connectivity index (χ0) is 24.6. The number of aliphatic carboxylic acids is 1. The predicted octanol–water partition coefficient (Wildman–Crippen LogP) is 4.55. The van der Waals surface area contributed by atoms with Crippen LogP contribution in [0.25, 0.3) is 11.1 Å². The molecule has 3 aliphatic rings. The maximum atomic E-state index is 12.9. The molecule has 35 heavy (non-hydrogen) atoms. The summed E-state index contributed by atoms with van der Waals surface area (Å²) in [5, 5.41) is 12.6. The minimum atomic E-state index is -1.10. The summed E-state index contributed by atoms with van der Waals surface area (Å²) in [4.78, 5) is 38.7. The highest BCUT2D eigenvalue weighted by Gasteiger charge is 2.46. The van der Waals surface area contributed by atoms with Crippen molar-refractivity contribution in [1.29, 1.82) is 0 Å². The Morgan fingerprint density at radius 1 is 1.06 bits per heavy atom. The molecule has 2 amide bonds. The van der Waals surface area contributed by atoms with Crippen LogP contribution < -0.4 is 5.32 Å². The van der Waals surface area contributed by atoms with E-state index < -0.39 is 17.6 Å². The van der Waals surface area contributed by atoms with Gasteiger partial charge in [-0.05, 0) is 67.2 Å². The Morgan fingerprint density at radius 2 is 1.71 bits per heavy atom. The van der Waals surface area contributed by atoms with Crippen molar-refractivity contribution in [2.24, 2.45) is 5.92 Å². The second-order valence-electron chi connectivity index (χ2n) is 10.3. The lowest BCUT2D eigenvalue weighted by Gasteiger charge is -2.32. The number of carbonyl (C=O) groups excluding carboxylic acids is 2. The van der Waals surface area contributed by atoms with Gasteiger partial charge >= 0.3 is 12.1 Å². The van der Waals surface area contributed by atoms with E-state index in [-0.39, 0.29) is 30.4 Å². The summed E-state index contributed by atoms with van der Waals surface area (Å²) in [5.74, 6) is -0.880. The maximum Gasteiger partial charge on any atom is 0.407 e. The van der Waals surface area contributed by atoms with E-state index in [0.29, 0.717) is 32.2 Å². The van der Waals surface area contributed by atoms with Crippen LogP contribution >= 0.6 is 0 Å². The predicted molar refractivity (Wildman–Crippen MR) is 131 cm³/mol. The van der Waals surface area contributed by atoms with Crippen LogP contribution in [0.5, 0.6) is 0 Å². The van der Waals surface area contributed by atoms with Gasteiger partial charge in [0.25, 0.3) is 0 Å². The molecule has 184 valence electrons. The number of carboxylic acids is 1. The highest BCUT2D eigenvalue weighted by molar-refractivity contribution is 5.87. The van der Waals surface area contributed by atoms with Crippen molar-refractivity contribution >= 4 is 18.0 Å². The van der Waals surface area contributed by atoms with E-state index in [1.165, 1.54) is 27.2 Å². The van der Waals surface area contributed by atoms with Crippen molar-refractivity contribution in [1.82, 2.24) is 10.2 Å². The Hall–Kier alpha value is -3.35. The molecule has 2 aromatic rings. The van der Waals surface area contributed by atoms with Gasteiger partial charge in [-0.1, -0.05) is 48.5 Å². The van der Waals surface area contributed by atoms with Gasteiger partial charge in [0.15, 0.2) is 0 Å². The number of likely N-dealkylation sites (tertiary alicyclic amines) is 1. The van der Waals surface area contributed by atoms with Crippen molar-refractivity contribution in [2.45, 2.75) is 62.9 Å². The quantitative estimate of drug-likeness (QED) is 0.638. The van der Waals surface area contributed by atoms with Gasteiger partial charge in [0.05, 0.1) is 0 Å². The van der Waals surface area contributed by atoms with Crippen LogP contribution in [0.2, 0.25) is 0 Å². The lowest BCUT2D eigenvalue weighted by molar-refractivity contribution is -0.155. The molecule has 0 radical (unpaired) electrons. The second kappa shape index (κ2) is 9.36. The van der Waals surface area contributed by atoms with Gasteiger partial charge in [0, 0.05) is 24.9 Å². The van der Waals surface area contributed by atoms with Crippen LogP contribution in [0, 0.1) is 5.92 Å². The fraction of sp³-hybridized carbons (Fsp3) is 0.464. The van der Waals surface area contributed by atoms with E-state index >= 15 is 0 Å². The third-order valence-electron chi connectivity index (χ3n) is 8.07. The maximum absolute atomic E-state index is 12.9. The van der Waals surface area contributed by atoms with E-state index in [2.05, 4.69) is 29.6 Å². The van der Waals surface area contributed by atoms with Crippen molar-refractivity contribution in [2.75, 3.05) is 13.2 Å². The Bertz CT molecular complexity index is 1100. The Morgan fingerprint density at radius 3 is 2.37 bits per heavy atom. The van der Waals surface area contributed by atoms with Crippen LogP contribution in [0.1, 0.15) is 62.5 Å². The molecule has 5 rings (SSSR count). The summed E-state index contributed by atoms with van der Waals surface area (Å²) >= 11 is 0. The van der Waals surface area contributed by atoms with Crippen molar-refractivity contribution in [3.63, 3.8) is 0 Å². The summed E-state index contributed by atoms with van der Waals surface area (Å²) in [7, 11) is 0. The molecule has 1 heterocycles. The van der Waals surface area contributed by atoms with Crippen LogP contribution in [0.15, 0.2) is 48.5 Å². The number of hydrogen-bond donors (Lipinski definition) is 2. The molecule has 2 unspecified atom stereocenters. The van der Waals surface area contributed by atoms with E-state index in [4.69, 9.17) is 4.74 Å². The van der Waals surface area contributed by atoms with Crippen LogP contribution in [-0.4, -0.2) is 52.7 Å². The molecule has 2 fully saturated rings. The number of hydrogen-bond acceptors (Lipinski definition) is 4. The molecule has 7 nitrogen and oxygen atoms in total. The molecular weight excluding hydrogens is 444 g/mol. The minimum absolute atomic E-state index is 0.0195. The zero-order valence-electron chi connectivity index (χ0n) is 20.0. The normalized spacial score (nSPS) is 25.2. The highest BCUT2D eigenvalue weighted by Crippen LogP contribution is 2.44. The van der Waals surface area contributed by atoms with Gasteiger partial charge in [-0.15, -0.1) is 0 Å². The summed E-state index contributed by atoms with van der Waals surface area (Å²) in [6.07, 6.45) is 3.42. The minimum Gasteiger partial charge on any atom is -0.480 e. The topological polar surface area (TPSA) is 95.9 Å². The summed E-state index contributed by atoms with van der Waals surface area (Å²) in [6.45, 7) is 2.41. The number of alkyl carbamates (subject to hydrolysis) is 1. The molecule has 2 aromatic carbocycles. The third-order valence-corrected chi connectivity index (χ3v) is 8.07. The first-order chi connectivity index (χ1) is 16.9. The number of carbonyl (C=O) groups is 3. The molecule has 7 heteroatoms. The van der Waals surface area contributed by atoms with Crippen LogP contribution in [0.3, 0.4) is 0 Å². The van der Waals surface area contributed by atoms with E-state index in [1.807, 2.05) is 24.3 Å². The Labute approximate surface area is 205 Å². The first-order valence-corrected chi connectivity index (χ1v) is 12.5. The number of ether oxygens (including phenoxy) is 1. The van der Waals surface area contributed by atoms with E-state index in [1.54, 1.807) is 6.92 Å². The number of nitrogens with one attached hydrogen (secondary N) is 1. The van der Waals surface area contributed by atoms with Crippen molar-refractivity contribution in [3.8, 4) is 11.1 Å². The standard InChI is InChI=1S/C28H32N2O5/c1-28(26(32)33)13-6-14-30(28)25(31)16-18-11-12-19(15-18)29-27(34)35-17-24-22-9-4-2-7-20(22)21-8-3-5-10-23(21)24/h2-5,7-10,18-19,24H,6,11-17H2,1H3,(H,29,34)(H,32,33)/t18?,19?,28-/m1/s1. The monoisotopic (exact) mass is 476 g/mol. The second-order valence-corrected chi connectivity index (χ2v) is 10.3. The summed E-state index contributed by atoms with van der Waals surface area (Å²) < 4.78 is 5.66. The summed E-state index contributed by atoms with van der Waals surface area (Å²) in [5.41, 5.74) is 3.64. The lowest BCUT2D eigenvalue weighted by Crippen LogP contribution is -2.51. The summed E-state index contributed by atoms with van der Waals surface area (Å²) in [6, 6.07) is 16.4. The Kier molecular flexibility index (Phi) is 6.26. The van der Waals surface area contributed by atoms with Gasteiger partial charge in [-0.3, -0.25) is 4.79 Å². The molecule has 2 aliphatic carbocycles. The smallest absolute Gasteiger partial charge is 0.407 e. The molecule has 0 spiro atoms. The number of fused-ring (bicyclic) bond motifs is 3. The third kappa shape index (κ3) is 4.40.